The van der Waals surface area contributed by atoms with Crippen LogP contribution in [0.5, 0.6) is 0 Å². The Hall–Kier alpha value is -0.120. The fourth-order valence-electron chi connectivity index (χ4n) is 2.38. The van der Waals surface area contributed by atoms with E-state index in [1.165, 1.54) is 25.7 Å². The second-order valence-electron chi connectivity index (χ2n) is 4.80. The summed E-state index contributed by atoms with van der Waals surface area (Å²) in [6.45, 7) is 9.74. The maximum Gasteiger partial charge on any atom is 0.0589 e. The summed E-state index contributed by atoms with van der Waals surface area (Å²) in [6, 6.07) is 1.24. The van der Waals surface area contributed by atoms with E-state index in [4.69, 9.17) is 4.74 Å². The number of hydrogen-bond donors (Lipinski definition) is 1. The van der Waals surface area contributed by atoms with Crippen molar-refractivity contribution >= 4 is 0 Å². The first-order chi connectivity index (χ1) is 8.21. The predicted molar refractivity (Wildman–Crippen MR) is 75.6 cm³/mol. The fraction of sp³-hybridized carbons (Fsp3) is 1.00. The Morgan fingerprint density at radius 1 is 1.18 bits per heavy atom. The van der Waals surface area contributed by atoms with Crippen LogP contribution in [-0.4, -0.2) is 50.8 Å². The normalized spacial score (nSPS) is 15.2. The second kappa shape index (κ2) is 11.0. The zero-order valence-corrected chi connectivity index (χ0v) is 12.5. The first kappa shape index (κ1) is 16.9. The fourth-order valence-corrected chi connectivity index (χ4v) is 2.38. The lowest BCUT2D eigenvalue weighted by Gasteiger charge is -2.34. The SMILES string of the molecule is CCCNC(CCC)C(CC)N(C)CCOC. The molecule has 0 aliphatic rings. The summed E-state index contributed by atoms with van der Waals surface area (Å²) >= 11 is 0. The topological polar surface area (TPSA) is 24.5 Å². The highest BCUT2D eigenvalue weighted by molar-refractivity contribution is 4.82. The minimum absolute atomic E-state index is 0.617. The lowest BCUT2D eigenvalue weighted by Crippen LogP contribution is -2.49. The van der Waals surface area contributed by atoms with E-state index in [1.54, 1.807) is 7.11 Å². The third-order valence-electron chi connectivity index (χ3n) is 3.35. The molecule has 0 aromatic rings. The van der Waals surface area contributed by atoms with E-state index in [0.717, 1.165) is 19.7 Å². The molecule has 0 saturated carbocycles. The average molecular weight is 244 g/mol. The number of methoxy groups -OCH3 is 1. The molecule has 0 aromatic heterocycles. The van der Waals surface area contributed by atoms with Gasteiger partial charge in [-0.1, -0.05) is 27.2 Å². The molecule has 0 amide bonds. The summed E-state index contributed by atoms with van der Waals surface area (Å²) in [7, 11) is 3.98. The summed E-state index contributed by atoms with van der Waals surface area (Å²) in [4.78, 5) is 2.44. The molecule has 0 fully saturated rings. The van der Waals surface area contributed by atoms with Gasteiger partial charge in [-0.25, -0.2) is 0 Å². The van der Waals surface area contributed by atoms with Crippen molar-refractivity contribution in [3.05, 3.63) is 0 Å². The molecule has 0 saturated heterocycles. The number of ether oxygens (including phenoxy) is 1. The molecule has 1 N–H and O–H groups in total. The summed E-state index contributed by atoms with van der Waals surface area (Å²) in [5.41, 5.74) is 0. The molecule has 0 spiro atoms. The third kappa shape index (κ3) is 7.02. The Bertz CT molecular complexity index is 164. The molecule has 0 rings (SSSR count). The van der Waals surface area contributed by atoms with Gasteiger partial charge in [0.25, 0.3) is 0 Å². The zero-order chi connectivity index (χ0) is 13.1. The molecule has 3 nitrogen and oxygen atoms in total. The van der Waals surface area contributed by atoms with Crippen LogP contribution >= 0.6 is 0 Å². The second-order valence-corrected chi connectivity index (χ2v) is 4.80. The summed E-state index contributed by atoms with van der Waals surface area (Å²) in [5, 5.41) is 3.70. The number of likely N-dealkylation sites (N-methyl/N-ethyl adjacent to an activating group) is 1. The molecule has 2 unspecified atom stereocenters. The van der Waals surface area contributed by atoms with Crippen LogP contribution < -0.4 is 5.32 Å². The van der Waals surface area contributed by atoms with Gasteiger partial charge in [0.1, 0.15) is 0 Å². The Balaban J connectivity index is 4.30. The van der Waals surface area contributed by atoms with Crippen LogP contribution in [0.25, 0.3) is 0 Å². The van der Waals surface area contributed by atoms with E-state index in [0.29, 0.717) is 12.1 Å². The summed E-state index contributed by atoms with van der Waals surface area (Å²) in [6.07, 6.45) is 4.91. The molecule has 0 aliphatic carbocycles. The zero-order valence-electron chi connectivity index (χ0n) is 12.5. The van der Waals surface area contributed by atoms with Crippen LogP contribution in [0.2, 0.25) is 0 Å². The van der Waals surface area contributed by atoms with Gasteiger partial charge in [0.2, 0.25) is 0 Å². The monoisotopic (exact) mass is 244 g/mol. The lowest BCUT2D eigenvalue weighted by molar-refractivity contribution is 0.118. The highest BCUT2D eigenvalue weighted by Gasteiger charge is 2.22. The van der Waals surface area contributed by atoms with Gasteiger partial charge < -0.3 is 10.1 Å². The molecule has 0 heterocycles. The van der Waals surface area contributed by atoms with Gasteiger partial charge in [-0.2, -0.15) is 0 Å². The minimum Gasteiger partial charge on any atom is -0.383 e. The van der Waals surface area contributed by atoms with Gasteiger partial charge in [0, 0.05) is 25.7 Å². The standard InChI is InChI=1S/C14H32N2O/c1-6-9-13(15-10-7-2)14(8-3)16(4)11-12-17-5/h13-15H,6-12H2,1-5H3. The van der Waals surface area contributed by atoms with Crippen molar-refractivity contribution in [2.75, 3.05) is 33.9 Å². The molecule has 0 bridgehead atoms. The number of nitrogens with zero attached hydrogens (tertiary/aromatic N) is 1. The van der Waals surface area contributed by atoms with Gasteiger partial charge in [-0.15, -0.1) is 0 Å². The average Bonchev–Trinajstić information content (AvgIpc) is 2.34. The number of rotatable bonds is 11. The quantitative estimate of drug-likeness (QED) is 0.604. The lowest BCUT2D eigenvalue weighted by atomic mass is 9.99. The van der Waals surface area contributed by atoms with E-state index >= 15 is 0 Å². The molecule has 0 aromatic carbocycles. The highest BCUT2D eigenvalue weighted by atomic mass is 16.5. The molecular formula is C14H32N2O. The smallest absolute Gasteiger partial charge is 0.0589 e. The van der Waals surface area contributed by atoms with Crippen molar-refractivity contribution in [2.45, 2.75) is 58.5 Å². The molecule has 3 heteroatoms. The maximum atomic E-state index is 5.17. The van der Waals surface area contributed by atoms with Crippen LogP contribution in [0.4, 0.5) is 0 Å². The molecular weight excluding hydrogens is 212 g/mol. The Kier molecular flexibility index (Phi) is 10.9. The van der Waals surface area contributed by atoms with Crippen LogP contribution in [0.15, 0.2) is 0 Å². The third-order valence-corrected chi connectivity index (χ3v) is 3.35. The van der Waals surface area contributed by atoms with Crippen molar-refractivity contribution in [3.8, 4) is 0 Å². The summed E-state index contributed by atoms with van der Waals surface area (Å²) < 4.78 is 5.17. The van der Waals surface area contributed by atoms with Crippen LogP contribution in [0.3, 0.4) is 0 Å². The van der Waals surface area contributed by atoms with Gasteiger partial charge in [0.05, 0.1) is 6.61 Å². The van der Waals surface area contributed by atoms with Crippen molar-refractivity contribution in [3.63, 3.8) is 0 Å². The largest absolute Gasteiger partial charge is 0.383 e. The van der Waals surface area contributed by atoms with E-state index in [1.807, 2.05) is 0 Å². The van der Waals surface area contributed by atoms with Crippen molar-refractivity contribution in [1.82, 2.24) is 10.2 Å². The van der Waals surface area contributed by atoms with Gasteiger partial charge in [0.15, 0.2) is 0 Å². The Morgan fingerprint density at radius 2 is 1.88 bits per heavy atom. The summed E-state index contributed by atoms with van der Waals surface area (Å²) in [5.74, 6) is 0. The first-order valence-corrected chi connectivity index (χ1v) is 7.13. The van der Waals surface area contributed by atoms with Gasteiger partial charge in [-0.05, 0) is 32.9 Å². The van der Waals surface area contributed by atoms with Gasteiger partial charge >= 0.3 is 0 Å². The van der Waals surface area contributed by atoms with E-state index in [9.17, 15) is 0 Å². The predicted octanol–water partition coefficient (Wildman–Crippen LogP) is 2.51. The van der Waals surface area contributed by atoms with Crippen molar-refractivity contribution < 1.29 is 4.74 Å². The maximum absolute atomic E-state index is 5.17. The van der Waals surface area contributed by atoms with Crippen LogP contribution in [0, 0.1) is 0 Å². The Labute approximate surface area is 108 Å². The van der Waals surface area contributed by atoms with E-state index in [2.05, 4.69) is 38.0 Å². The van der Waals surface area contributed by atoms with Gasteiger partial charge in [-0.3, -0.25) is 4.90 Å². The first-order valence-electron chi connectivity index (χ1n) is 7.13. The van der Waals surface area contributed by atoms with Crippen LogP contribution in [0.1, 0.15) is 46.5 Å². The Morgan fingerprint density at radius 3 is 2.35 bits per heavy atom. The number of hydrogen-bond acceptors (Lipinski definition) is 3. The molecule has 0 aliphatic heterocycles. The van der Waals surface area contributed by atoms with Crippen LogP contribution in [-0.2, 0) is 4.74 Å². The number of nitrogens with one attached hydrogen (secondary N) is 1. The highest BCUT2D eigenvalue weighted by Crippen LogP contribution is 2.12. The molecule has 17 heavy (non-hydrogen) atoms. The van der Waals surface area contributed by atoms with E-state index < -0.39 is 0 Å². The van der Waals surface area contributed by atoms with E-state index in [-0.39, 0.29) is 0 Å². The minimum atomic E-state index is 0.617. The molecule has 104 valence electrons. The van der Waals surface area contributed by atoms with Crippen molar-refractivity contribution in [1.29, 1.82) is 0 Å². The molecule has 2 atom stereocenters. The molecule has 0 radical (unpaired) electrons. The van der Waals surface area contributed by atoms with Crippen molar-refractivity contribution in [2.24, 2.45) is 0 Å².